The molecule has 98 valence electrons. The fourth-order valence-electron chi connectivity index (χ4n) is 2.63. The summed E-state index contributed by atoms with van der Waals surface area (Å²) in [7, 11) is 1.87. The summed E-state index contributed by atoms with van der Waals surface area (Å²) >= 11 is 3.50. The Morgan fingerprint density at radius 1 is 1.28 bits per heavy atom. The van der Waals surface area contributed by atoms with Gasteiger partial charge in [0, 0.05) is 17.9 Å². The van der Waals surface area contributed by atoms with E-state index in [1.165, 1.54) is 32.1 Å². The molecule has 0 aliphatic heterocycles. The third-order valence-corrected chi connectivity index (χ3v) is 4.45. The molecule has 0 saturated heterocycles. The number of hydrogen-bond acceptors (Lipinski definition) is 1. The van der Waals surface area contributed by atoms with Gasteiger partial charge in [0.2, 0.25) is 5.91 Å². The molecule has 0 N–H and O–H groups in total. The predicted molar refractivity (Wildman–Crippen MR) is 78.7 cm³/mol. The van der Waals surface area contributed by atoms with Gasteiger partial charge in [-0.3, -0.25) is 4.79 Å². The van der Waals surface area contributed by atoms with Crippen LogP contribution in [-0.4, -0.2) is 13.0 Å². The molecule has 0 aromatic heterocycles. The summed E-state index contributed by atoms with van der Waals surface area (Å²) in [4.78, 5) is 14.0. The van der Waals surface area contributed by atoms with E-state index < -0.39 is 0 Å². The molecule has 18 heavy (non-hydrogen) atoms. The summed E-state index contributed by atoms with van der Waals surface area (Å²) in [6, 6.07) is 7.88. The summed E-state index contributed by atoms with van der Waals surface area (Å²) in [5, 5.41) is 0. The van der Waals surface area contributed by atoms with Crippen molar-refractivity contribution in [3.8, 4) is 0 Å². The molecule has 0 spiro atoms. The smallest absolute Gasteiger partial charge is 0.227 e. The minimum Gasteiger partial charge on any atom is -0.314 e. The van der Waals surface area contributed by atoms with E-state index in [-0.39, 0.29) is 5.91 Å². The molecule has 0 heterocycles. The van der Waals surface area contributed by atoms with Gasteiger partial charge in [0.25, 0.3) is 0 Å². The van der Waals surface area contributed by atoms with E-state index in [1.54, 1.807) is 4.90 Å². The number of benzene rings is 1. The maximum Gasteiger partial charge on any atom is 0.227 e. The zero-order valence-corrected chi connectivity index (χ0v) is 12.4. The number of anilines is 1. The van der Waals surface area contributed by atoms with Gasteiger partial charge in [-0.05, 0) is 46.8 Å². The number of carbonyl (C=O) groups is 1. The van der Waals surface area contributed by atoms with Crippen LogP contribution in [0.2, 0.25) is 0 Å². The van der Waals surface area contributed by atoms with Crippen molar-refractivity contribution < 1.29 is 4.79 Å². The maximum atomic E-state index is 12.3. The topological polar surface area (TPSA) is 20.3 Å². The van der Waals surface area contributed by atoms with Gasteiger partial charge in [-0.25, -0.2) is 0 Å². The van der Waals surface area contributed by atoms with E-state index in [4.69, 9.17) is 0 Å². The zero-order valence-electron chi connectivity index (χ0n) is 10.9. The Hall–Kier alpha value is -0.830. The van der Waals surface area contributed by atoms with Crippen LogP contribution in [0.3, 0.4) is 0 Å². The number of carbonyl (C=O) groups excluding carboxylic acids is 1. The highest BCUT2D eigenvalue weighted by Gasteiger charge is 2.20. The quantitative estimate of drug-likeness (QED) is 0.811. The number of hydrogen-bond donors (Lipinski definition) is 0. The second-order valence-corrected chi connectivity index (χ2v) is 5.97. The summed E-state index contributed by atoms with van der Waals surface area (Å²) in [5.74, 6) is 0.824. The first-order chi connectivity index (χ1) is 8.68. The molecule has 2 rings (SSSR count). The first kappa shape index (κ1) is 13.6. The van der Waals surface area contributed by atoms with E-state index in [9.17, 15) is 4.79 Å². The van der Waals surface area contributed by atoms with Crippen LogP contribution >= 0.6 is 15.9 Å². The predicted octanol–water partition coefficient (Wildman–Crippen LogP) is 4.38. The Kier molecular flexibility index (Phi) is 4.81. The molecule has 1 aromatic rings. The summed E-state index contributed by atoms with van der Waals surface area (Å²) < 4.78 is 0.976. The van der Waals surface area contributed by atoms with Gasteiger partial charge < -0.3 is 4.90 Å². The Morgan fingerprint density at radius 2 is 1.94 bits per heavy atom. The molecule has 0 unspecified atom stereocenters. The number of rotatable bonds is 3. The third-order valence-electron chi connectivity index (χ3n) is 3.78. The van der Waals surface area contributed by atoms with Crippen LogP contribution < -0.4 is 4.90 Å². The minimum atomic E-state index is 0.230. The van der Waals surface area contributed by atoms with Crippen molar-refractivity contribution in [2.45, 2.75) is 38.5 Å². The second-order valence-electron chi connectivity index (χ2n) is 5.11. The largest absolute Gasteiger partial charge is 0.314 e. The Labute approximate surface area is 117 Å². The van der Waals surface area contributed by atoms with Crippen LogP contribution in [0.4, 0.5) is 5.69 Å². The van der Waals surface area contributed by atoms with Crippen LogP contribution in [0.25, 0.3) is 0 Å². The van der Waals surface area contributed by atoms with Crippen LogP contribution in [0, 0.1) is 5.92 Å². The van der Waals surface area contributed by atoms with Gasteiger partial charge >= 0.3 is 0 Å². The Bertz CT molecular complexity index is 413. The fraction of sp³-hybridized carbons (Fsp3) is 0.533. The van der Waals surface area contributed by atoms with Crippen molar-refractivity contribution in [3.63, 3.8) is 0 Å². The third kappa shape index (κ3) is 3.35. The van der Waals surface area contributed by atoms with Gasteiger partial charge in [0.05, 0.1) is 5.69 Å². The van der Waals surface area contributed by atoms with Gasteiger partial charge in [-0.15, -0.1) is 0 Å². The molecular weight excluding hydrogens is 290 g/mol. The highest BCUT2D eigenvalue weighted by atomic mass is 79.9. The molecule has 1 aliphatic rings. The molecule has 0 radical (unpaired) electrons. The van der Waals surface area contributed by atoms with Crippen molar-refractivity contribution in [1.29, 1.82) is 0 Å². The van der Waals surface area contributed by atoms with Crippen LogP contribution in [-0.2, 0) is 4.79 Å². The molecule has 1 saturated carbocycles. The standard InChI is InChI=1S/C15H20BrNO/c1-17(14-10-6-5-9-13(14)16)15(18)11-12-7-3-2-4-8-12/h5-6,9-10,12H,2-4,7-8,11H2,1H3. The molecule has 2 nitrogen and oxygen atoms in total. The first-order valence-corrected chi connectivity index (χ1v) is 7.49. The lowest BCUT2D eigenvalue weighted by Gasteiger charge is -2.24. The molecule has 1 aliphatic carbocycles. The highest BCUT2D eigenvalue weighted by Crippen LogP contribution is 2.29. The lowest BCUT2D eigenvalue weighted by molar-refractivity contribution is -0.119. The molecule has 1 amide bonds. The summed E-state index contributed by atoms with van der Waals surface area (Å²) in [6.45, 7) is 0. The summed E-state index contributed by atoms with van der Waals surface area (Å²) in [6.07, 6.45) is 7.04. The van der Waals surface area contributed by atoms with Gasteiger partial charge in [0.1, 0.15) is 0 Å². The second kappa shape index (κ2) is 6.37. The number of halogens is 1. The van der Waals surface area contributed by atoms with E-state index in [0.29, 0.717) is 12.3 Å². The van der Waals surface area contributed by atoms with Crippen molar-refractivity contribution in [3.05, 3.63) is 28.7 Å². The van der Waals surface area contributed by atoms with E-state index in [1.807, 2.05) is 31.3 Å². The average Bonchev–Trinajstić information content (AvgIpc) is 2.39. The molecule has 1 fully saturated rings. The first-order valence-electron chi connectivity index (χ1n) is 6.69. The summed E-state index contributed by atoms with van der Waals surface area (Å²) in [5.41, 5.74) is 0.957. The van der Waals surface area contributed by atoms with Crippen LogP contribution in [0.1, 0.15) is 38.5 Å². The molecule has 1 aromatic carbocycles. The number of amides is 1. The van der Waals surface area contributed by atoms with Crippen molar-refractivity contribution in [2.75, 3.05) is 11.9 Å². The Morgan fingerprint density at radius 3 is 2.61 bits per heavy atom. The van der Waals surface area contributed by atoms with Crippen LogP contribution in [0.15, 0.2) is 28.7 Å². The van der Waals surface area contributed by atoms with Crippen molar-refractivity contribution in [1.82, 2.24) is 0 Å². The van der Waals surface area contributed by atoms with Crippen molar-refractivity contribution >= 4 is 27.5 Å². The van der Waals surface area contributed by atoms with E-state index >= 15 is 0 Å². The Balaban J connectivity index is 1.98. The average molecular weight is 310 g/mol. The minimum absolute atomic E-state index is 0.230. The number of nitrogens with zero attached hydrogens (tertiary/aromatic N) is 1. The van der Waals surface area contributed by atoms with Crippen molar-refractivity contribution in [2.24, 2.45) is 5.92 Å². The molecular formula is C15H20BrNO. The van der Waals surface area contributed by atoms with Gasteiger partial charge in [0.15, 0.2) is 0 Å². The molecule has 3 heteroatoms. The SMILES string of the molecule is CN(C(=O)CC1CCCCC1)c1ccccc1Br. The monoisotopic (exact) mass is 309 g/mol. The number of para-hydroxylation sites is 1. The molecule has 0 atom stereocenters. The zero-order chi connectivity index (χ0) is 13.0. The maximum absolute atomic E-state index is 12.3. The molecule has 0 bridgehead atoms. The normalized spacial score (nSPS) is 16.6. The highest BCUT2D eigenvalue weighted by molar-refractivity contribution is 9.10. The van der Waals surface area contributed by atoms with Crippen LogP contribution in [0.5, 0.6) is 0 Å². The van der Waals surface area contributed by atoms with E-state index in [0.717, 1.165) is 10.2 Å². The van der Waals surface area contributed by atoms with Gasteiger partial charge in [-0.2, -0.15) is 0 Å². The lowest BCUT2D eigenvalue weighted by atomic mass is 9.86. The van der Waals surface area contributed by atoms with E-state index in [2.05, 4.69) is 15.9 Å². The van der Waals surface area contributed by atoms with Gasteiger partial charge in [-0.1, -0.05) is 31.4 Å². The fourth-order valence-corrected chi connectivity index (χ4v) is 3.18. The lowest BCUT2D eigenvalue weighted by Crippen LogP contribution is -2.29.